The van der Waals surface area contributed by atoms with Crippen LogP contribution in [0, 0.1) is 0 Å². The number of nitrogens with one attached hydrogen (secondary N) is 2. The SMILES string of the molecule is CN(Cc1nc2ccsc2c(=O)[nH]1)C(=O)c1cccc2c1CCCN2. The lowest BCUT2D eigenvalue weighted by atomic mass is 9.97. The van der Waals surface area contributed by atoms with E-state index in [1.165, 1.54) is 11.3 Å². The van der Waals surface area contributed by atoms with Crippen LogP contribution in [-0.2, 0) is 13.0 Å². The lowest BCUT2D eigenvalue weighted by Gasteiger charge is -2.23. The van der Waals surface area contributed by atoms with Crippen molar-refractivity contribution >= 4 is 33.1 Å². The van der Waals surface area contributed by atoms with Crippen molar-refractivity contribution in [2.24, 2.45) is 0 Å². The van der Waals surface area contributed by atoms with Crippen LogP contribution in [0.5, 0.6) is 0 Å². The fourth-order valence-corrected chi connectivity index (χ4v) is 3.93. The number of carbonyl (C=O) groups is 1. The average Bonchev–Trinajstić information content (AvgIpc) is 3.09. The maximum Gasteiger partial charge on any atom is 0.268 e. The molecule has 1 aliphatic heterocycles. The standard InChI is InChI=1S/C18H18N4O2S/c1-22(10-15-20-14-7-9-25-16(14)17(23)21-15)18(24)12-4-2-6-13-11(12)5-3-8-19-13/h2,4,6-7,9,19H,3,5,8,10H2,1H3,(H,20,21,23). The van der Waals surface area contributed by atoms with Crippen molar-refractivity contribution < 1.29 is 4.79 Å². The van der Waals surface area contributed by atoms with E-state index in [4.69, 9.17) is 0 Å². The number of hydrogen-bond donors (Lipinski definition) is 2. The van der Waals surface area contributed by atoms with Crippen molar-refractivity contribution in [3.05, 3.63) is 57.0 Å². The zero-order valence-corrected chi connectivity index (χ0v) is 14.7. The Kier molecular flexibility index (Phi) is 4.01. The molecule has 0 spiro atoms. The molecule has 0 atom stereocenters. The highest BCUT2D eigenvalue weighted by molar-refractivity contribution is 7.17. The molecule has 0 fully saturated rings. The fourth-order valence-electron chi connectivity index (χ4n) is 3.21. The number of rotatable bonds is 3. The number of nitrogens with zero attached hydrogens (tertiary/aromatic N) is 2. The van der Waals surface area contributed by atoms with Crippen LogP contribution in [0.25, 0.3) is 10.2 Å². The number of carbonyl (C=O) groups excluding carboxylic acids is 1. The van der Waals surface area contributed by atoms with Crippen molar-refractivity contribution in [1.29, 1.82) is 0 Å². The Balaban J connectivity index is 1.61. The summed E-state index contributed by atoms with van der Waals surface area (Å²) >= 11 is 1.37. The van der Waals surface area contributed by atoms with E-state index in [1.807, 2.05) is 29.6 Å². The molecule has 0 unspecified atom stereocenters. The van der Waals surface area contributed by atoms with E-state index < -0.39 is 0 Å². The summed E-state index contributed by atoms with van der Waals surface area (Å²) in [5.74, 6) is 0.434. The predicted molar refractivity (Wildman–Crippen MR) is 99.3 cm³/mol. The Hall–Kier alpha value is -2.67. The molecular weight excluding hydrogens is 336 g/mol. The number of thiophene rings is 1. The Morgan fingerprint density at radius 2 is 2.24 bits per heavy atom. The number of aromatic amines is 1. The minimum Gasteiger partial charge on any atom is -0.385 e. The molecule has 128 valence electrons. The van der Waals surface area contributed by atoms with Crippen molar-refractivity contribution in [3.63, 3.8) is 0 Å². The topological polar surface area (TPSA) is 78.1 Å². The molecule has 0 aliphatic carbocycles. The number of benzene rings is 1. The van der Waals surface area contributed by atoms with Crippen LogP contribution < -0.4 is 10.9 Å². The molecule has 0 saturated carbocycles. The van der Waals surface area contributed by atoms with Gasteiger partial charge in [-0.05, 0) is 42.0 Å². The van der Waals surface area contributed by atoms with Crippen LogP contribution in [0.3, 0.4) is 0 Å². The monoisotopic (exact) mass is 354 g/mol. The van der Waals surface area contributed by atoms with Gasteiger partial charge in [-0.1, -0.05) is 6.07 Å². The highest BCUT2D eigenvalue weighted by atomic mass is 32.1. The number of H-pyrrole nitrogens is 1. The number of fused-ring (bicyclic) bond motifs is 2. The summed E-state index contributed by atoms with van der Waals surface area (Å²) in [4.78, 5) is 33.8. The summed E-state index contributed by atoms with van der Waals surface area (Å²) in [5, 5.41) is 5.18. The molecule has 0 saturated heterocycles. The zero-order valence-electron chi connectivity index (χ0n) is 13.8. The fraction of sp³-hybridized carbons (Fsp3) is 0.278. The largest absolute Gasteiger partial charge is 0.385 e. The maximum absolute atomic E-state index is 12.9. The molecule has 1 aromatic carbocycles. The third-order valence-corrected chi connectivity index (χ3v) is 5.33. The predicted octanol–water partition coefficient (Wildman–Crippen LogP) is 2.61. The second-order valence-corrected chi connectivity index (χ2v) is 7.09. The highest BCUT2D eigenvalue weighted by Gasteiger charge is 2.20. The first-order valence-corrected chi connectivity index (χ1v) is 9.09. The molecule has 1 aliphatic rings. The van der Waals surface area contributed by atoms with Gasteiger partial charge in [0.2, 0.25) is 0 Å². The third kappa shape index (κ3) is 2.91. The Morgan fingerprint density at radius 3 is 3.12 bits per heavy atom. The van der Waals surface area contributed by atoms with Crippen LogP contribution in [0.1, 0.15) is 28.2 Å². The minimum atomic E-state index is -0.155. The van der Waals surface area contributed by atoms with Crippen molar-refractivity contribution in [2.75, 3.05) is 18.9 Å². The van der Waals surface area contributed by atoms with Gasteiger partial charge in [0.1, 0.15) is 10.5 Å². The van der Waals surface area contributed by atoms with Crippen LogP contribution in [0.4, 0.5) is 5.69 Å². The normalized spacial score (nSPS) is 13.3. The lowest BCUT2D eigenvalue weighted by Crippen LogP contribution is -2.29. The molecule has 0 radical (unpaired) electrons. The van der Waals surface area contributed by atoms with E-state index in [1.54, 1.807) is 11.9 Å². The van der Waals surface area contributed by atoms with E-state index in [2.05, 4.69) is 15.3 Å². The molecule has 25 heavy (non-hydrogen) atoms. The quantitative estimate of drug-likeness (QED) is 0.758. The molecule has 2 N–H and O–H groups in total. The van der Waals surface area contributed by atoms with E-state index in [-0.39, 0.29) is 18.0 Å². The van der Waals surface area contributed by atoms with Gasteiger partial charge in [0.25, 0.3) is 11.5 Å². The second kappa shape index (κ2) is 6.33. The molecular formula is C18H18N4O2S. The van der Waals surface area contributed by atoms with E-state index in [0.29, 0.717) is 21.6 Å². The number of aromatic nitrogens is 2. The van der Waals surface area contributed by atoms with Crippen LogP contribution in [-0.4, -0.2) is 34.4 Å². The van der Waals surface area contributed by atoms with Gasteiger partial charge in [0.05, 0.1) is 12.1 Å². The molecule has 2 aromatic heterocycles. The summed E-state index contributed by atoms with van der Waals surface area (Å²) in [5.41, 5.74) is 3.34. The van der Waals surface area contributed by atoms with Gasteiger partial charge in [-0.15, -0.1) is 11.3 Å². The number of amides is 1. The van der Waals surface area contributed by atoms with Gasteiger partial charge in [-0.25, -0.2) is 4.98 Å². The van der Waals surface area contributed by atoms with Crippen LogP contribution in [0.2, 0.25) is 0 Å². The van der Waals surface area contributed by atoms with Crippen LogP contribution >= 0.6 is 11.3 Å². The minimum absolute atomic E-state index is 0.0615. The summed E-state index contributed by atoms with van der Waals surface area (Å²) in [6.45, 7) is 1.20. The highest BCUT2D eigenvalue weighted by Crippen LogP contribution is 2.26. The summed E-state index contributed by atoms with van der Waals surface area (Å²) in [6.07, 6.45) is 1.92. The van der Waals surface area contributed by atoms with Gasteiger partial charge in [-0.2, -0.15) is 0 Å². The van der Waals surface area contributed by atoms with E-state index >= 15 is 0 Å². The molecule has 3 heterocycles. The van der Waals surface area contributed by atoms with Gasteiger partial charge in [0, 0.05) is 24.8 Å². The first-order chi connectivity index (χ1) is 12.1. The molecule has 1 amide bonds. The first kappa shape index (κ1) is 15.8. The smallest absolute Gasteiger partial charge is 0.268 e. The van der Waals surface area contributed by atoms with Crippen molar-refractivity contribution in [3.8, 4) is 0 Å². The Morgan fingerprint density at radius 1 is 1.36 bits per heavy atom. The van der Waals surface area contributed by atoms with Crippen molar-refractivity contribution in [1.82, 2.24) is 14.9 Å². The molecule has 0 bridgehead atoms. The Labute approximate surface area is 148 Å². The molecule has 6 nitrogen and oxygen atoms in total. The van der Waals surface area contributed by atoms with Gasteiger partial charge in [-0.3, -0.25) is 9.59 Å². The summed E-state index contributed by atoms with van der Waals surface area (Å²) < 4.78 is 0.612. The average molecular weight is 354 g/mol. The molecule has 7 heteroatoms. The van der Waals surface area contributed by atoms with E-state index in [0.717, 1.165) is 30.6 Å². The Bertz CT molecular complexity index is 1010. The lowest BCUT2D eigenvalue weighted by molar-refractivity contribution is 0.0780. The zero-order chi connectivity index (χ0) is 17.4. The van der Waals surface area contributed by atoms with Gasteiger partial charge in [0.15, 0.2) is 0 Å². The second-order valence-electron chi connectivity index (χ2n) is 6.17. The van der Waals surface area contributed by atoms with Crippen molar-refractivity contribution in [2.45, 2.75) is 19.4 Å². The number of hydrogen-bond acceptors (Lipinski definition) is 5. The first-order valence-electron chi connectivity index (χ1n) is 8.21. The molecule has 3 aromatic rings. The van der Waals surface area contributed by atoms with Gasteiger partial charge >= 0.3 is 0 Å². The third-order valence-electron chi connectivity index (χ3n) is 4.42. The summed E-state index contributed by atoms with van der Waals surface area (Å²) in [6, 6.07) is 7.59. The number of anilines is 1. The van der Waals surface area contributed by atoms with Crippen LogP contribution in [0.15, 0.2) is 34.4 Å². The summed E-state index contributed by atoms with van der Waals surface area (Å²) in [7, 11) is 1.73. The molecule has 4 rings (SSSR count). The van der Waals surface area contributed by atoms with E-state index in [9.17, 15) is 9.59 Å². The maximum atomic E-state index is 12.9. The van der Waals surface area contributed by atoms with Gasteiger partial charge < -0.3 is 15.2 Å².